The van der Waals surface area contributed by atoms with Gasteiger partial charge in [-0.15, -0.1) is 0 Å². The van der Waals surface area contributed by atoms with E-state index in [1.54, 1.807) is 0 Å². The zero-order chi connectivity index (χ0) is 10.7. The van der Waals surface area contributed by atoms with Crippen LogP contribution in [0.5, 0.6) is 0 Å². The Kier molecular flexibility index (Phi) is 3.42. The van der Waals surface area contributed by atoms with Gasteiger partial charge < -0.3 is 4.90 Å². The average Bonchev–Trinajstić information content (AvgIpc) is 2.30. The van der Waals surface area contributed by atoms with E-state index in [-0.39, 0.29) is 0 Å². The summed E-state index contributed by atoms with van der Waals surface area (Å²) in [6, 6.07) is 11.7. The Morgan fingerprint density at radius 1 is 1.00 bits per heavy atom. The van der Waals surface area contributed by atoms with Crippen molar-refractivity contribution < 1.29 is 0 Å². The molecule has 2 rings (SSSR count). The lowest BCUT2D eigenvalue weighted by Gasteiger charge is -2.36. The maximum Gasteiger partial charge on any atom is 0.0158 e. The topological polar surface area (TPSA) is 3.24 Å². The monoisotopic (exact) mass is 203 g/mol. The zero-order valence-corrected chi connectivity index (χ0v) is 9.82. The summed E-state index contributed by atoms with van der Waals surface area (Å²) < 4.78 is 0. The predicted molar refractivity (Wildman–Crippen MR) is 65.1 cm³/mol. The molecule has 0 spiro atoms. The quantitative estimate of drug-likeness (QED) is 0.713. The third-order valence-corrected chi connectivity index (χ3v) is 3.62. The van der Waals surface area contributed by atoms with Gasteiger partial charge in [0.15, 0.2) is 0 Å². The molecule has 0 bridgehead atoms. The van der Waals surface area contributed by atoms with Crippen LogP contribution in [-0.2, 0) is 0 Å². The highest BCUT2D eigenvalue weighted by Crippen LogP contribution is 2.34. The molecule has 1 nitrogen and oxygen atoms in total. The lowest BCUT2D eigenvalue weighted by molar-refractivity contribution is 0.199. The molecule has 0 radical (unpaired) electrons. The lowest BCUT2D eigenvalue weighted by atomic mass is 9.79. The number of hydrogen-bond donors (Lipinski definition) is 0. The van der Waals surface area contributed by atoms with E-state index in [4.69, 9.17) is 0 Å². The van der Waals surface area contributed by atoms with Crippen LogP contribution in [0.1, 0.15) is 37.2 Å². The molecule has 1 aliphatic rings. The number of hydrogen-bond acceptors (Lipinski definition) is 1. The van der Waals surface area contributed by atoms with E-state index in [0.29, 0.717) is 0 Å². The Balaban J connectivity index is 2.18. The highest BCUT2D eigenvalue weighted by molar-refractivity contribution is 5.21. The number of likely N-dealkylation sites (N-methyl/N-ethyl adjacent to an activating group) is 1. The molecule has 1 fully saturated rings. The Hall–Kier alpha value is -0.820. The molecule has 2 atom stereocenters. The van der Waals surface area contributed by atoms with Crippen molar-refractivity contribution in [3.63, 3.8) is 0 Å². The van der Waals surface area contributed by atoms with Gasteiger partial charge in [0.2, 0.25) is 0 Å². The van der Waals surface area contributed by atoms with Gasteiger partial charge in [-0.05, 0) is 38.4 Å². The first-order chi connectivity index (χ1) is 7.29. The molecule has 0 unspecified atom stereocenters. The maximum atomic E-state index is 2.40. The van der Waals surface area contributed by atoms with Crippen molar-refractivity contribution in [3.8, 4) is 0 Å². The van der Waals surface area contributed by atoms with Gasteiger partial charge in [0.1, 0.15) is 0 Å². The van der Waals surface area contributed by atoms with Crippen molar-refractivity contribution in [1.82, 2.24) is 4.90 Å². The summed E-state index contributed by atoms with van der Waals surface area (Å²) in [5, 5.41) is 0. The molecule has 0 N–H and O–H groups in total. The largest absolute Gasteiger partial charge is 0.306 e. The van der Waals surface area contributed by atoms with Crippen LogP contribution in [-0.4, -0.2) is 25.0 Å². The second-order valence-corrected chi connectivity index (χ2v) is 4.83. The van der Waals surface area contributed by atoms with Crippen LogP contribution >= 0.6 is 0 Å². The maximum absolute atomic E-state index is 2.40. The molecule has 0 amide bonds. The van der Waals surface area contributed by atoms with Crippen LogP contribution < -0.4 is 0 Å². The Bertz CT molecular complexity index is 291. The normalized spacial score (nSPS) is 26.9. The SMILES string of the molecule is CN(C)[C@H]1CCCC[C@H]1c1ccccc1. The molecule has 1 aromatic carbocycles. The predicted octanol–water partition coefficient (Wildman–Crippen LogP) is 3.27. The van der Waals surface area contributed by atoms with Crippen LogP contribution in [0, 0.1) is 0 Å². The average molecular weight is 203 g/mol. The molecule has 0 aromatic heterocycles. The lowest BCUT2D eigenvalue weighted by Crippen LogP contribution is -2.36. The summed E-state index contributed by atoms with van der Waals surface area (Å²) in [6.07, 6.45) is 5.50. The van der Waals surface area contributed by atoms with Crippen LogP contribution in [0.3, 0.4) is 0 Å². The Labute approximate surface area is 93.1 Å². The fourth-order valence-electron chi connectivity index (χ4n) is 2.82. The van der Waals surface area contributed by atoms with E-state index in [9.17, 15) is 0 Å². The van der Waals surface area contributed by atoms with Gasteiger partial charge in [0.25, 0.3) is 0 Å². The molecule has 0 heterocycles. The Morgan fingerprint density at radius 2 is 1.67 bits per heavy atom. The van der Waals surface area contributed by atoms with E-state index in [2.05, 4.69) is 49.3 Å². The summed E-state index contributed by atoms with van der Waals surface area (Å²) in [4.78, 5) is 2.40. The zero-order valence-electron chi connectivity index (χ0n) is 9.82. The van der Waals surface area contributed by atoms with Gasteiger partial charge >= 0.3 is 0 Å². The van der Waals surface area contributed by atoms with Crippen molar-refractivity contribution in [1.29, 1.82) is 0 Å². The van der Waals surface area contributed by atoms with Crippen molar-refractivity contribution in [2.75, 3.05) is 14.1 Å². The van der Waals surface area contributed by atoms with Gasteiger partial charge in [-0.1, -0.05) is 43.2 Å². The number of benzene rings is 1. The number of rotatable bonds is 2. The van der Waals surface area contributed by atoms with E-state index in [1.807, 2.05) is 0 Å². The third kappa shape index (κ3) is 2.40. The fraction of sp³-hybridized carbons (Fsp3) is 0.571. The smallest absolute Gasteiger partial charge is 0.0158 e. The van der Waals surface area contributed by atoms with Gasteiger partial charge in [-0.2, -0.15) is 0 Å². The standard InChI is InChI=1S/C14H21N/c1-15(2)14-11-7-6-10-13(14)12-8-4-3-5-9-12/h3-5,8-9,13-14H,6-7,10-11H2,1-2H3/t13-,14-/m0/s1. The van der Waals surface area contributed by atoms with Crippen molar-refractivity contribution in [2.45, 2.75) is 37.6 Å². The van der Waals surface area contributed by atoms with Crippen LogP contribution in [0.25, 0.3) is 0 Å². The molecule has 1 aromatic rings. The minimum Gasteiger partial charge on any atom is -0.306 e. The van der Waals surface area contributed by atoms with Crippen molar-refractivity contribution in [3.05, 3.63) is 35.9 Å². The van der Waals surface area contributed by atoms with Gasteiger partial charge in [0.05, 0.1) is 0 Å². The minimum absolute atomic E-state index is 0.737. The summed E-state index contributed by atoms with van der Waals surface area (Å²) in [5.41, 5.74) is 1.52. The summed E-state index contributed by atoms with van der Waals surface area (Å²) in [6.45, 7) is 0. The first-order valence-electron chi connectivity index (χ1n) is 6.00. The van der Waals surface area contributed by atoms with E-state index < -0.39 is 0 Å². The second-order valence-electron chi connectivity index (χ2n) is 4.83. The molecule has 82 valence electrons. The van der Waals surface area contributed by atoms with Crippen LogP contribution in [0.4, 0.5) is 0 Å². The van der Waals surface area contributed by atoms with E-state index >= 15 is 0 Å². The first-order valence-corrected chi connectivity index (χ1v) is 6.00. The first kappa shape index (κ1) is 10.7. The van der Waals surface area contributed by atoms with Crippen molar-refractivity contribution >= 4 is 0 Å². The summed E-state index contributed by atoms with van der Waals surface area (Å²) in [5.74, 6) is 0.745. The van der Waals surface area contributed by atoms with Crippen molar-refractivity contribution in [2.24, 2.45) is 0 Å². The molecule has 0 aliphatic heterocycles. The summed E-state index contributed by atoms with van der Waals surface area (Å²) >= 11 is 0. The molecular weight excluding hydrogens is 182 g/mol. The molecule has 1 saturated carbocycles. The fourth-order valence-corrected chi connectivity index (χ4v) is 2.82. The van der Waals surface area contributed by atoms with Crippen LogP contribution in [0.15, 0.2) is 30.3 Å². The summed E-state index contributed by atoms with van der Waals surface area (Å²) in [7, 11) is 4.43. The molecule has 15 heavy (non-hydrogen) atoms. The second kappa shape index (κ2) is 4.80. The molecule has 1 aliphatic carbocycles. The molecular formula is C14H21N. The Morgan fingerprint density at radius 3 is 2.33 bits per heavy atom. The molecule has 1 heteroatoms. The highest BCUT2D eigenvalue weighted by atomic mass is 15.1. The van der Waals surface area contributed by atoms with E-state index in [0.717, 1.165) is 12.0 Å². The highest BCUT2D eigenvalue weighted by Gasteiger charge is 2.27. The van der Waals surface area contributed by atoms with Crippen LogP contribution in [0.2, 0.25) is 0 Å². The third-order valence-electron chi connectivity index (χ3n) is 3.62. The number of nitrogens with zero attached hydrogens (tertiary/aromatic N) is 1. The van der Waals surface area contributed by atoms with Gasteiger partial charge in [-0.3, -0.25) is 0 Å². The van der Waals surface area contributed by atoms with Gasteiger partial charge in [-0.25, -0.2) is 0 Å². The van der Waals surface area contributed by atoms with E-state index in [1.165, 1.54) is 31.2 Å². The minimum atomic E-state index is 0.737. The molecule has 0 saturated heterocycles. The van der Waals surface area contributed by atoms with Gasteiger partial charge in [0, 0.05) is 6.04 Å².